The Balaban J connectivity index is 0.785. The predicted octanol–water partition coefficient (Wildman–Crippen LogP) is 3.01. The number of carbonyl (C=O) groups is 7. The molecule has 5 N–H and O–H groups in total. The van der Waals surface area contributed by atoms with E-state index in [1.165, 1.54) is 35.9 Å². The zero-order valence-corrected chi connectivity index (χ0v) is 36.6. The second kappa shape index (κ2) is 20.6. The third-order valence-corrected chi connectivity index (χ3v) is 12.0. The van der Waals surface area contributed by atoms with Gasteiger partial charge in [-0.3, -0.25) is 47.8 Å². The van der Waals surface area contributed by atoms with E-state index in [1.807, 2.05) is 48.5 Å². The van der Waals surface area contributed by atoms with E-state index in [1.54, 1.807) is 17.5 Å². The first-order chi connectivity index (χ1) is 31.2. The van der Waals surface area contributed by atoms with Gasteiger partial charge < -0.3 is 30.7 Å². The standard InChI is InChI=1S/C44H44N8O11S2/c1-65(60,61)51-16-13-31(25-51)40(56)47-24-38(55)50-44-48-34(26-64-44)30-8-3-7-29(22-30)28-6-2-5-27(21-28)23-46-36(53)14-17-62-19-20-63-18-15-45-33-10-4-9-32-39(33)43(59)52(42(32)58)35-11-12-37(54)49-41(35)57/h2-10,13,16,21-22,25-26,35,45H,11-12,14-15,17-20,23-24H2,1H3,(H,46,53)(H,47,56)(H,48,50,55)(H,49,54,57). The van der Waals surface area contributed by atoms with Gasteiger partial charge in [-0.25, -0.2) is 13.4 Å². The summed E-state index contributed by atoms with van der Waals surface area (Å²) in [6.07, 6.45) is 3.69. The molecule has 0 spiro atoms. The van der Waals surface area contributed by atoms with Crippen molar-refractivity contribution < 1.29 is 51.5 Å². The van der Waals surface area contributed by atoms with Crippen LogP contribution in [0.4, 0.5) is 10.8 Å². The minimum absolute atomic E-state index is 0.0378. The highest BCUT2D eigenvalue weighted by molar-refractivity contribution is 7.89. The molecule has 0 saturated carbocycles. The van der Waals surface area contributed by atoms with E-state index in [4.69, 9.17) is 9.47 Å². The van der Waals surface area contributed by atoms with Crippen LogP contribution in [-0.4, -0.2) is 115 Å². The van der Waals surface area contributed by atoms with Crippen LogP contribution in [0.5, 0.6) is 0 Å². The third kappa shape index (κ3) is 11.6. The van der Waals surface area contributed by atoms with E-state index in [9.17, 15) is 42.0 Å². The minimum Gasteiger partial charge on any atom is -0.382 e. The fraction of sp³-hybridized carbons (Fsp3) is 0.273. The van der Waals surface area contributed by atoms with Gasteiger partial charge in [0.1, 0.15) is 6.04 Å². The molecule has 5 aromatic rings. The van der Waals surface area contributed by atoms with Gasteiger partial charge in [-0.2, -0.15) is 0 Å². The molecule has 1 fully saturated rings. The zero-order valence-electron chi connectivity index (χ0n) is 35.0. The molecular formula is C44H44N8O11S2. The van der Waals surface area contributed by atoms with Crippen molar-refractivity contribution in [3.63, 3.8) is 0 Å². The first-order valence-electron chi connectivity index (χ1n) is 20.4. The van der Waals surface area contributed by atoms with Gasteiger partial charge in [-0.05, 0) is 53.4 Å². The Hall–Kier alpha value is -7.07. The molecule has 2 aliphatic rings. The molecule has 2 aromatic heterocycles. The maximum Gasteiger partial charge on any atom is 0.264 e. The summed E-state index contributed by atoms with van der Waals surface area (Å²) in [5.41, 5.74) is 5.08. The summed E-state index contributed by atoms with van der Waals surface area (Å²) in [4.78, 5) is 93.2. The second-order valence-corrected chi connectivity index (χ2v) is 17.6. The molecule has 0 radical (unpaired) electrons. The van der Waals surface area contributed by atoms with Gasteiger partial charge in [0.2, 0.25) is 33.7 Å². The van der Waals surface area contributed by atoms with Crippen LogP contribution in [0.15, 0.2) is 90.6 Å². The second-order valence-electron chi connectivity index (χ2n) is 14.9. The van der Waals surface area contributed by atoms with E-state index >= 15 is 0 Å². The van der Waals surface area contributed by atoms with E-state index in [0.29, 0.717) is 29.6 Å². The zero-order chi connectivity index (χ0) is 46.1. The molecule has 338 valence electrons. The van der Waals surface area contributed by atoms with E-state index in [2.05, 4.69) is 31.6 Å². The lowest BCUT2D eigenvalue weighted by molar-refractivity contribution is -0.136. The average Bonchev–Trinajstić information content (AvgIpc) is 4.04. The number of nitrogens with one attached hydrogen (secondary N) is 5. The Bertz CT molecular complexity index is 2770. The van der Waals surface area contributed by atoms with Crippen LogP contribution in [0.25, 0.3) is 22.4 Å². The van der Waals surface area contributed by atoms with Gasteiger partial charge in [0.05, 0.1) is 61.6 Å². The molecular weight excluding hydrogens is 881 g/mol. The fourth-order valence-corrected chi connectivity index (χ4v) is 8.35. The van der Waals surface area contributed by atoms with Crippen molar-refractivity contribution in [3.8, 4) is 22.4 Å². The van der Waals surface area contributed by atoms with Gasteiger partial charge in [-0.1, -0.05) is 42.5 Å². The number of anilines is 2. The summed E-state index contributed by atoms with van der Waals surface area (Å²) in [5.74, 6) is -3.56. The molecule has 19 nitrogen and oxygen atoms in total. The van der Waals surface area contributed by atoms with Gasteiger partial charge >= 0.3 is 0 Å². The van der Waals surface area contributed by atoms with Crippen molar-refractivity contribution in [2.24, 2.45) is 0 Å². The van der Waals surface area contributed by atoms with Crippen molar-refractivity contribution >= 4 is 73.5 Å². The van der Waals surface area contributed by atoms with Gasteiger partial charge in [0, 0.05) is 55.0 Å². The van der Waals surface area contributed by atoms with Crippen molar-refractivity contribution in [3.05, 3.63) is 113 Å². The molecule has 1 saturated heterocycles. The smallest absolute Gasteiger partial charge is 0.264 e. The Morgan fingerprint density at radius 1 is 0.862 bits per heavy atom. The minimum atomic E-state index is -3.54. The maximum atomic E-state index is 13.3. The van der Waals surface area contributed by atoms with Gasteiger partial charge in [-0.15, -0.1) is 11.3 Å². The van der Waals surface area contributed by atoms with E-state index in [-0.39, 0.29) is 74.8 Å². The van der Waals surface area contributed by atoms with Crippen molar-refractivity contribution in [1.29, 1.82) is 0 Å². The first-order valence-corrected chi connectivity index (χ1v) is 23.1. The van der Waals surface area contributed by atoms with Crippen LogP contribution in [-0.2, 0) is 45.2 Å². The van der Waals surface area contributed by atoms with Crippen molar-refractivity contribution in [2.45, 2.75) is 31.8 Å². The lowest BCUT2D eigenvalue weighted by Crippen LogP contribution is -2.54. The highest BCUT2D eigenvalue weighted by atomic mass is 32.2. The molecule has 0 aliphatic carbocycles. The number of ether oxygens (including phenoxy) is 2. The molecule has 21 heteroatoms. The lowest BCUT2D eigenvalue weighted by Gasteiger charge is -2.27. The number of piperidine rings is 1. The van der Waals surface area contributed by atoms with Crippen LogP contribution in [0.2, 0.25) is 0 Å². The average molecular weight is 925 g/mol. The van der Waals surface area contributed by atoms with Crippen LogP contribution in [0, 0.1) is 0 Å². The molecule has 1 atom stereocenters. The number of thiazole rings is 1. The van der Waals surface area contributed by atoms with E-state index in [0.717, 1.165) is 37.4 Å². The SMILES string of the molecule is CS(=O)(=O)n1ccc(C(=O)NCC(=O)Nc2nc(-c3cccc(-c4cccc(CNC(=O)CCOCCOCCNc5cccc6c5C(=O)N(C5CCC(=O)NC5=O)C6=O)c4)c3)cs2)c1. The summed E-state index contributed by atoms with van der Waals surface area (Å²) >= 11 is 1.22. The number of benzene rings is 3. The molecule has 2 aliphatic heterocycles. The van der Waals surface area contributed by atoms with Crippen molar-refractivity contribution in [1.82, 2.24) is 29.8 Å². The van der Waals surface area contributed by atoms with E-state index < -0.39 is 51.5 Å². The summed E-state index contributed by atoms with van der Waals surface area (Å²) in [5, 5.41) is 15.5. The normalized spacial score (nSPS) is 14.8. The predicted molar refractivity (Wildman–Crippen MR) is 238 cm³/mol. The number of rotatable bonds is 20. The number of nitrogens with zero attached hydrogens (tertiary/aromatic N) is 3. The number of imide groups is 2. The number of hydrogen-bond acceptors (Lipinski definition) is 14. The molecule has 1 unspecified atom stereocenters. The monoisotopic (exact) mass is 924 g/mol. The number of amides is 7. The number of fused-ring (bicyclic) bond motifs is 1. The third-order valence-electron chi connectivity index (χ3n) is 10.3. The van der Waals surface area contributed by atoms with Crippen molar-refractivity contribution in [2.75, 3.05) is 56.4 Å². The fourth-order valence-electron chi connectivity index (χ4n) is 7.02. The molecule has 65 heavy (non-hydrogen) atoms. The number of aromatic nitrogens is 2. The Kier molecular flexibility index (Phi) is 14.6. The quantitative estimate of drug-likeness (QED) is 0.0557. The first kappa shape index (κ1) is 45.9. The lowest BCUT2D eigenvalue weighted by atomic mass is 10.0. The topological polar surface area (TPSA) is 253 Å². The molecule has 3 aromatic carbocycles. The maximum absolute atomic E-state index is 13.3. The Morgan fingerprint density at radius 3 is 2.37 bits per heavy atom. The number of hydrogen-bond donors (Lipinski definition) is 5. The Labute approximate surface area is 376 Å². The van der Waals surface area contributed by atoms with Crippen LogP contribution in [0.1, 0.15) is 55.9 Å². The summed E-state index contributed by atoms with van der Waals surface area (Å²) in [7, 11) is -3.54. The van der Waals surface area contributed by atoms with Crippen LogP contribution < -0.4 is 26.6 Å². The summed E-state index contributed by atoms with van der Waals surface area (Å²) < 4.78 is 35.4. The molecule has 4 heterocycles. The molecule has 0 bridgehead atoms. The largest absolute Gasteiger partial charge is 0.382 e. The summed E-state index contributed by atoms with van der Waals surface area (Å²) in [6.45, 7) is 1.27. The highest BCUT2D eigenvalue weighted by Gasteiger charge is 2.45. The van der Waals surface area contributed by atoms with Crippen LogP contribution >= 0.6 is 11.3 Å². The van der Waals surface area contributed by atoms with Crippen LogP contribution in [0.3, 0.4) is 0 Å². The highest BCUT2D eigenvalue weighted by Crippen LogP contribution is 2.33. The van der Waals surface area contributed by atoms with Gasteiger partial charge in [0.15, 0.2) is 5.13 Å². The van der Waals surface area contributed by atoms with Gasteiger partial charge in [0.25, 0.3) is 17.7 Å². The molecule has 7 rings (SSSR count). The summed E-state index contributed by atoms with van der Waals surface area (Å²) in [6, 6.07) is 20.6. The number of carbonyl (C=O) groups excluding carboxylic acids is 7. The molecule has 7 amide bonds. The Morgan fingerprint density at radius 2 is 1.60 bits per heavy atom.